The van der Waals surface area contributed by atoms with Crippen LogP contribution >= 0.6 is 0 Å². The number of aryl methyl sites for hydroxylation is 1. The number of carbonyl (C=O) groups is 1. The van der Waals surface area contributed by atoms with Crippen molar-refractivity contribution in [3.05, 3.63) is 11.9 Å². The number of piperidine rings is 1. The smallest absolute Gasteiger partial charge is 0.155 e. The van der Waals surface area contributed by atoms with Gasteiger partial charge in [-0.2, -0.15) is 0 Å². The Morgan fingerprint density at radius 3 is 3.00 bits per heavy atom. The third-order valence-electron chi connectivity index (χ3n) is 4.54. The van der Waals surface area contributed by atoms with Gasteiger partial charge in [-0.25, -0.2) is 0 Å². The van der Waals surface area contributed by atoms with Gasteiger partial charge in [0.2, 0.25) is 0 Å². The third kappa shape index (κ3) is 2.86. The number of hydrogen-bond donors (Lipinski definition) is 1. The molecular formula is C14H22N4O. The molecule has 1 aromatic heterocycles. The number of rotatable bonds is 3. The Labute approximate surface area is 113 Å². The van der Waals surface area contributed by atoms with Crippen LogP contribution in [0.2, 0.25) is 0 Å². The fourth-order valence-corrected chi connectivity index (χ4v) is 3.53. The van der Waals surface area contributed by atoms with Crippen molar-refractivity contribution >= 4 is 5.78 Å². The lowest BCUT2D eigenvalue weighted by molar-refractivity contribution is -0.121. The summed E-state index contributed by atoms with van der Waals surface area (Å²) in [5.74, 6) is 1.07. The van der Waals surface area contributed by atoms with Crippen molar-refractivity contribution in [1.82, 2.24) is 20.3 Å². The molecule has 3 unspecified atom stereocenters. The molecular weight excluding hydrogens is 240 g/mol. The van der Waals surface area contributed by atoms with Crippen molar-refractivity contribution in [1.29, 1.82) is 0 Å². The van der Waals surface area contributed by atoms with Crippen LogP contribution in [0.3, 0.4) is 0 Å². The number of carbonyl (C=O) groups excluding carboxylic acids is 1. The first-order chi connectivity index (χ1) is 9.22. The second-order valence-electron chi connectivity index (χ2n) is 5.97. The molecule has 2 aliphatic rings. The highest BCUT2D eigenvalue weighted by molar-refractivity contribution is 5.85. The molecule has 1 saturated heterocycles. The zero-order valence-corrected chi connectivity index (χ0v) is 11.5. The van der Waals surface area contributed by atoms with Gasteiger partial charge >= 0.3 is 0 Å². The van der Waals surface area contributed by atoms with Crippen LogP contribution in [-0.4, -0.2) is 32.9 Å². The molecule has 1 aliphatic carbocycles. The topological polar surface area (TPSA) is 59.8 Å². The summed E-state index contributed by atoms with van der Waals surface area (Å²) < 4.78 is 1.65. The van der Waals surface area contributed by atoms with Crippen molar-refractivity contribution in [3.63, 3.8) is 0 Å². The van der Waals surface area contributed by atoms with Gasteiger partial charge in [-0.3, -0.25) is 9.48 Å². The highest BCUT2D eigenvalue weighted by atomic mass is 16.1. The van der Waals surface area contributed by atoms with Crippen LogP contribution < -0.4 is 5.32 Å². The van der Waals surface area contributed by atoms with E-state index in [0.717, 1.165) is 18.0 Å². The molecule has 1 aliphatic heterocycles. The average Bonchev–Trinajstić information content (AvgIpc) is 2.83. The van der Waals surface area contributed by atoms with Crippen molar-refractivity contribution < 1.29 is 4.79 Å². The second kappa shape index (κ2) is 5.41. The van der Waals surface area contributed by atoms with E-state index >= 15 is 0 Å². The normalized spacial score (nSPS) is 30.9. The minimum atomic E-state index is 0.0290. The number of nitrogens with one attached hydrogen (secondary N) is 1. The lowest BCUT2D eigenvalue weighted by atomic mass is 9.77. The number of fused-ring (bicyclic) bond motifs is 1. The Morgan fingerprint density at radius 2 is 2.21 bits per heavy atom. The first-order valence-electron chi connectivity index (χ1n) is 7.36. The van der Waals surface area contributed by atoms with Crippen LogP contribution in [0.1, 0.15) is 44.2 Å². The third-order valence-corrected chi connectivity index (χ3v) is 4.54. The summed E-state index contributed by atoms with van der Waals surface area (Å²) in [5, 5.41) is 11.4. The molecule has 0 aromatic carbocycles. The molecule has 2 fully saturated rings. The number of Topliss-reactive ketones (excluding diaryl/α,β-unsaturated/α-hetero) is 1. The number of hydrogen-bond acceptors (Lipinski definition) is 4. The zero-order valence-electron chi connectivity index (χ0n) is 11.5. The highest BCUT2D eigenvalue weighted by Crippen LogP contribution is 2.32. The van der Waals surface area contributed by atoms with Gasteiger partial charge in [0.05, 0.1) is 18.2 Å². The van der Waals surface area contributed by atoms with Crippen LogP contribution in [0.4, 0.5) is 0 Å². The summed E-state index contributed by atoms with van der Waals surface area (Å²) in [5.41, 5.74) is 0.778. The number of ketones is 1. The predicted octanol–water partition coefficient (Wildman–Crippen LogP) is 1.24. The number of nitrogens with zero attached hydrogens (tertiary/aromatic N) is 3. The van der Waals surface area contributed by atoms with Crippen molar-refractivity contribution in [3.8, 4) is 0 Å². The number of aromatic nitrogens is 3. The van der Waals surface area contributed by atoms with Gasteiger partial charge in [0.25, 0.3) is 0 Å². The van der Waals surface area contributed by atoms with Gasteiger partial charge in [0.1, 0.15) is 0 Å². The van der Waals surface area contributed by atoms with Crippen LogP contribution in [0.5, 0.6) is 0 Å². The summed E-state index contributed by atoms with van der Waals surface area (Å²) in [4.78, 5) is 12.3. The van der Waals surface area contributed by atoms with Gasteiger partial charge in [0, 0.05) is 19.3 Å². The maximum atomic E-state index is 12.3. The Balaban J connectivity index is 1.58. The SMILES string of the molecule is Cn1cc(CC(=O)C2CCC3CCCCC3N2)nn1. The maximum absolute atomic E-state index is 12.3. The highest BCUT2D eigenvalue weighted by Gasteiger charge is 2.34. The van der Waals surface area contributed by atoms with E-state index in [4.69, 9.17) is 0 Å². The lowest BCUT2D eigenvalue weighted by Gasteiger charge is -2.39. The lowest BCUT2D eigenvalue weighted by Crippen LogP contribution is -2.52. The first kappa shape index (κ1) is 12.8. The standard InChI is InChI=1S/C14H22N4O/c1-18-9-11(16-17-18)8-14(19)13-7-6-10-4-2-3-5-12(10)15-13/h9-10,12-13,15H,2-8H2,1H3. The molecule has 3 atom stereocenters. The van der Waals surface area contributed by atoms with Crippen LogP contribution in [0.15, 0.2) is 6.20 Å². The van der Waals surface area contributed by atoms with Crippen LogP contribution in [0, 0.1) is 5.92 Å². The van der Waals surface area contributed by atoms with E-state index in [-0.39, 0.29) is 11.8 Å². The monoisotopic (exact) mass is 262 g/mol. The van der Waals surface area contributed by atoms with Crippen LogP contribution in [0.25, 0.3) is 0 Å². The molecule has 1 N–H and O–H groups in total. The summed E-state index contributed by atoms with van der Waals surface area (Å²) in [6.45, 7) is 0. The Kier molecular flexibility index (Phi) is 3.64. The van der Waals surface area contributed by atoms with Gasteiger partial charge < -0.3 is 5.32 Å². The quantitative estimate of drug-likeness (QED) is 0.890. The second-order valence-corrected chi connectivity index (χ2v) is 5.97. The van der Waals surface area contributed by atoms with Gasteiger partial charge in [-0.05, 0) is 31.6 Å². The van der Waals surface area contributed by atoms with E-state index in [1.54, 1.807) is 4.68 Å². The minimum absolute atomic E-state index is 0.0290. The molecule has 5 heteroatoms. The van der Waals surface area contributed by atoms with E-state index in [1.807, 2.05) is 13.2 Å². The van der Waals surface area contributed by atoms with Crippen LogP contribution in [-0.2, 0) is 18.3 Å². The van der Waals surface area contributed by atoms with Crippen molar-refractivity contribution in [2.75, 3.05) is 0 Å². The minimum Gasteiger partial charge on any atom is -0.304 e. The van der Waals surface area contributed by atoms with Gasteiger partial charge in [-0.1, -0.05) is 18.1 Å². The molecule has 19 heavy (non-hydrogen) atoms. The van der Waals surface area contributed by atoms with E-state index < -0.39 is 0 Å². The largest absolute Gasteiger partial charge is 0.304 e. The molecule has 5 nitrogen and oxygen atoms in total. The van der Waals surface area contributed by atoms with E-state index in [9.17, 15) is 4.79 Å². The fraction of sp³-hybridized carbons (Fsp3) is 0.786. The Hall–Kier alpha value is -1.23. The van der Waals surface area contributed by atoms with Gasteiger partial charge in [0.15, 0.2) is 5.78 Å². The summed E-state index contributed by atoms with van der Waals surface area (Å²) in [7, 11) is 1.83. The van der Waals surface area contributed by atoms with E-state index in [1.165, 1.54) is 32.1 Å². The molecule has 0 bridgehead atoms. The molecule has 1 aromatic rings. The molecule has 104 valence electrons. The molecule has 0 spiro atoms. The average molecular weight is 262 g/mol. The van der Waals surface area contributed by atoms with Gasteiger partial charge in [-0.15, -0.1) is 5.10 Å². The maximum Gasteiger partial charge on any atom is 0.155 e. The predicted molar refractivity (Wildman–Crippen MR) is 71.6 cm³/mol. The van der Waals surface area contributed by atoms with Crippen molar-refractivity contribution in [2.45, 2.75) is 57.0 Å². The first-order valence-corrected chi connectivity index (χ1v) is 7.36. The van der Waals surface area contributed by atoms with Crippen molar-refractivity contribution in [2.24, 2.45) is 13.0 Å². The summed E-state index contributed by atoms with van der Waals surface area (Å²) >= 11 is 0. The summed E-state index contributed by atoms with van der Waals surface area (Å²) in [6.07, 6.45) is 9.66. The molecule has 0 radical (unpaired) electrons. The molecule has 2 heterocycles. The van der Waals surface area contributed by atoms with E-state index in [2.05, 4.69) is 15.6 Å². The fourth-order valence-electron chi connectivity index (χ4n) is 3.53. The van der Waals surface area contributed by atoms with E-state index in [0.29, 0.717) is 12.5 Å². The molecule has 1 saturated carbocycles. The molecule has 3 rings (SSSR count). The zero-order chi connectivity index (χ0) is 13.2. The molecule has 0 amide bonds. The Morgan fingerprint density at radius 1 is 1.37 bits per heavy atom. The Bertz CT molecular complexity index is 456. The summed E-state index contributed by atoms with van der Waals surface area (Å²) in [6, 6.07) is 0.597.